The first-order valence-electron chi connectivity index (χ1n) is 7.96. The molecule has 6 nitrogen and oxygen atoms in total. The summed E-state index contributed by atoms with van der Waals surface area (Å²) in [6.45, 7) is 3.31. The van der Waals surface area contributed by atoms with Crippen LogP contribution in [-0.2, 0) is 18.3 Å². The molecule has 2 heterocycles. The lowest BCUT2D eigenvalue weighted by molar-refractivity contribution is 0.171. The molecule has 0 bridgehead atoms. The van der Waals surface area contributed by atoms with E-state index in [1.54, 1.807) is 18.6 Å². The summed E-state index contributed by atoms with van der Waals surface area (Å²) in [4.78, 5) is 12.3. The van der Waals surface area contributed by atoms with Gasteiger partial charge in [0.25, 0.3) is 0 Å². The van der Waals surface area contributed by atoms with Gasteiger partial charge in [-0.05, 0) is 24.1 Å². The SMILES string of the molecule is COCC(C)NCc1cc(-c2ccccc2)cn2c(=O)n(C)nc12. The molecular weight excluding hydrogens is 304 g/mol. The van der Waals surface area contributed by atoms with Gasteiger partial charge in [-0.1, -0.05) is 30.3 Å². The van der Waals surface area contributed by atoms with Crippen molar-refractivity contribution in [2.24, 2.45) is 7.05 Å². The number of fused-ring (bicyclic) bond motifs is 1. The van der Waals surface area contributed by atoms with E-state index in [-0.39, 0.29) is 11.7 Å². The number of nitrogens with zero attached hydrogens (tertiary/aromatic N) is 3. The average molecular weight is 326 g/mol. The third kappa shape index (κ3) is 3.25. The van der Waals surface area contributed by atoms with E-state index in [2.05, 4.69) is 23.4 Å². The van der Waals surface area contributed by atoms with Gasteiger partial charge in [-0.2, -0.15) is 0 Å². The minimum atomic E-state index is -0.144. The maximum atomic E-state index is 12.3. The van der Waals surface area contributed by atoms with E-state index in [4.69, 9.17) is 4.74 Å². The molecule has 1 unspecified atom stereocenters. The molecule has 1 aromatic carbocycles. The fourth-order valence-corrected chi connectivity index (χ4v) is 2.76. The molecule has 0 saturated heterocycles. The van der Waals surface area contributed by atoms with Gasteiger partial charge in [0.2, 0.25) is 0 Å². The van der Waals surface area contributed by atoms with Crippen molar-refractivity contribution in [3.05, 3.63) is 58.6 Å². The molecule has 24 heavy (non-hydrogen) atoms. The zero-order chi connectivity index (χ0) is 17.1. The molecule has 1 N–H and O–H groups in total. The van der Waals surface area contributed by atoms with Crippen molar-refractivity contribution in [2.75, 3.05) is 13.7 Å². The lowest BCUT2D eigenvalue weighted by atomic mass is 10.1. The van der Waals surface area contributed by atoms with Gasteiger partial charge >= 0.3 is 5.69 Å². The lowest BCUT2D eigenvalue weighted by Crippen LogP contribution is -2.29. The fraction of sp³-hybridized carbons (Fsp3) is 0.333. The van der Waals surface area contributed by atoms with Crippen LogP contribution in [-0.4, -0.2) is 33.9 Å². The summed E-state index contributed by atoms with van der Waals surface area (Å²) >= 11 is 0. The minimum absolute atomic E-state index is 0.144. The van der Waals surface area contributed by atoms with E-state index in [9.17, 15) is 4.79 Å². The number of nitrogens with one attached hydrogen (secondary N) is 1. The van der Waals surface area contributed by atoms with Crippen LogP contribution < -0.4 is 11.0 Å². The molecule has 0 amide bonds. The molecule has 126 valence electrons. The maximum absolute atomic E-state index is 12.3. The Labute approximate surface area is 140 Å². The van der Waals surface area contributed by atoms with Gasteiger partial charge in [0.15, 0.2) is 5.65 Å². The van der Waals surface area contributed by atoms with E-state index in [0.29, 0.717) is 18.8 Å². The zero-order valence-corrected chi connectivity index (χ0v) is 14.2. The molecular formula is C18H22N4O2. The highest BCUT2D eigenvalue weighted by molar-refractivity contribution is 5.66. The quantitative estimate of drug-likeness (QED) is 0.751. The largest absolute Gasteiger partial charge is 0.383 e. The van der Waals surface area contributed by atoms with Crippen molar-refractivity contribution < 1.29 is 4.74 Å². The summed E-state index contributed by atoms with van der Waals surface area (Å²) in [5.74, 6) is 0. The summed E-state index contributed by atoms with van der Waals surface area (Å²) < 4.78 is 8.14. The summed E-state index contributed by atoms with van der Waals surface area (Å²) in [6, 6.07) is 12.3. The van der Waals surface area contributed by atoms with Crippen molar-refractivity contribution in [1.29, 1.82) is 0 Å². The Morgan fingerprint density at radius 2 is 2.00 bits per heavy atom. The topological polar surface area (TPSA) is 60.6 Å². The van der Waals surface area contributed by atoms with Crippen molar-refractivity contribution in [3.8, 4) is 11.1 Å². The Kier molecular flexibility index (Phi) is 4.78. The first kappa shape index (κ1) is 16.4. The van der Waals surface area contributed by atoms with Crippen LogP contribution in [0.5, 0.6) is 0 Å². The van der Waals surface area contributed by atoms with Gasteiger partial charge in [-0.25, -0.2) is 13.9 Å². The molecule has 2 aromatic heterocycles. The number of hydrogen-bond acceptors (Lipinski definition) is 4. The molecule has 0 fully saturated rings. The standard InChI is InChI=1S/C18H22N4O2/c1-13(12-24-3)19-10-15-9-16(14-7-5-4-6-8-14)11-22-17(15)20-21(2)18(22)23/h4-9,11,13,19H,10,12H2,1-3H3. The van der Waals surface area contributed by atoms with Crippen LogP contribution in [0.3, 0.4) is 0 Å². The second kappa shape index (κ2) is 6.98. The Hall–Kier alpha value is -2.44. The van der Waals surface area contributed by atoms with Gasteiger partial charge < -0.3 is 10.1 Å². The molecule has 0 radical (unpaired) electrons. The van der Waals surface area contributed by atoms with E-state index in [1.165, 1.54) is 4.68 Å². The number of aryl methyl sites for hydroxylation is 1. The second-order valence-electron chi connectivity index (χ2n) is 5.96. The Balaban J connectivity index is 2.05. The van der Waals surface area contributed by atoms with Crippen molar-refractivity contribution in [1.82, 2.24) is 19.5 Å². The molecule has 0 aliphatic rings. The number of rotatable bonds is 6. The molecule has 6 heteroatoms. The van der Waals surface area contributed by atoms with Crippen LogP contribution in [0, 0.1) is 0 Å². The van der Waals surface area contributed by atoms with Crippen LogP contribution >= 0.6 is 0 Å². The molecule has 0 aliphatic heterocycles. The minimum Gasteiger partial charge on any atom is -0.383 e. The van der Waals surface area contributed by atoms with Gasteiger partial charge in [-0.15, -0.1) is 5.10 Å². The van der Waals surface area contributed by atoms with Crippen LogP contribution in [0.15, 0.2) is 47.4 Å². The van der Waals surface area contributed by atoms with Crippen LogP contribution in [0.4, 0.5) is 0 Å². The highest BCUT2D eigenvalue weighted by Gasteiger charge is 2.12. The fourth-order valence-electron chi connectivity index (χ4n) is 2.76. The summed E-state index contributed by atoms with van der Waals surface area (Å²) in [7, 11) is 3.35. The molecule has 0 spiro atoms. The monoisotopic (exact) mass is 326 g/mol. The van der Waals surface area contributed by atoms with Gasteiger partial charge in [-0.3, -0.25) is 0 Å². The predicted octanol–water partition coefficient (Wildman–Crippen LogP) is 1.82. The number of hydrogen-bond donors (Lipinski definition) is 1. The first-order chi connectivity index (χ1) is 11.6. The third-order valence-corrected chi connectivity index (χ3v) is 4.01. The van der Waals surface area contributed by atoms with Crippen molar-refractivity contribution in [2.45, 2.75) is 19.5 Å². The molecule has 1 atom stereocenters. The van der Waals surface area contributed by atoms with Crippen LogP contribution in [0.25, 0.3) is 16.8 Å². The van der Waals surface area contributed by atoms with Crippen molar-refractivity contribution >= 4 is 5.65 Å². The summed E-state index contributed by atoms with van der Waals surface area (Å²) in [5, 5.41) is 7.78. The van der Waals surface area contributed by atoms with Gasteiger partial charge in [0.1, 0.15) is 0 Å². The summed E-state index contributed by atoms with van der Waals surface area (Å²) in [5.41, 5.74) is 3.58. The van der Waals surface area contributed by atoms with Crippen LogP contribution in [0.1, 0.15) is 12.5 Å². The molecule has 3 aromatic rings. The number of methoxy groups -OCH3 is 1. The average Bonchev–Trinajstić information content (AvgIpc) is 2.89. The lowest BCUT2D eigenvalue weighted by Gasteiger charge is -2.14. The first-order valence-corrected chi connectivity index (χ1v) is 7.96. The van der Waals surface area contributed by atoms with E-state index < -0.39 is 0 Å². The highest BCUT2D eigenvalue weighted by atomic mass is 16.5. The second-order valence-corrected chi connectivity index (χ2v) is 5.96. The number of ether oxygens (including phenoxy) is 1. The van der Waals surface area contributed by atoms with Crippen LogP contribution in [0.2, 0.25) is 0 Å². The normalized spacial score (nSPS) is 12.6. The Bertz CT molecular complexity index is 883. The Morgan fingerprint density at radius 3 is 2.71 bits per heavy atom. The van der Waals surface area contributed by atoms with E-state index in [0.717, 1.165) is 16.7 Å². The molecule has 3 rings (SSSR count). The molecule has 0 saturated carbocycles. The number of benzene rings is 1. The smallest absolute Gasteiger partial charge is 0.350 e. The van der Waals surface area contributed by atoms with E-state index in [1.807, 2.05) is 36.5 Å². The molecule has 0 aliphatic carbocycles. The zero-order valence-electron chi connectivity index (χ0n) is 14.2. The summed E-state index contributed by atoms with van der Waals surface area (Å²) in [6.07, 6.45) is 1.85. The highest BCUT2D eigenvalue weighted by Crippen LogP contribution is 2.21. The predicted molar refractivity (Wildman–Crippen MR) is 94.0 cm³/mol. The third-order valence-electron chi connectivity index (χ3n) is 4.01. The maximum Gasteiger partial charge on any atom is 0.350 e. The van der Waals surface area contributed by atoms with Gasteiger partial charge in [0.05, 0.1) is 6.61 Å². The van der Waals surface area contributed by atoms with Gasteiger partial charge in [0, 0.05) is 38.5 Å². The number of pyridine rings is 1. The number of aromatic nitrogens is 3. The van der Waals surface area contributed by atoms with E-state index >= 15 is 0 Å². The Morgan fingerprint density at radius 1 is 1.25 bits per heavy atom. The van der Waals surface area contributed by atoms with Crippen molar-refractivity contribution in [3.63, 3.8) is 0 Å².